The molecule has 1 fully saturated rings. The summed E-state index contributed by atoms with van der Waals surface area (Å²) in [5.41, 5.74) is 4.79. The lowest BCUT2D eigenvalue weighted by atomic mass is 9.74. The van der Waals surface area contributed by atoms with Crippen LogP contribution in [0.3, 0.4) is 0 Å². The van der Waals surface area contributed by atoms with Gasteiger partial charge in [0.1, 0.15) is 6.54 Å². The summed E-state index contributed by atoms with van der Waals surface area (Å²) in [4.78, 5) is 14.6. The lowest BCUT2D eigenvalue weighted by Crippen LogP contribution is -2.52. The molecule has 194 valence electrons. The SMILES string of the molecule is CCOC(=O)Cn1cccc1/C=C1\CN(C(c2ccccc2)(c2ccccc2)c2ccccc2)CCC1O. The highest BCUT2D eigenvalue weighted by Gasteiger charge is 2.44. The molecule has 0 radical (unpaired) electrons. The van der Waals surface area contributed by atoms with Crippen LogP contribution in [-0.2, 0) is 21.6 Å². The van der Waals surface area contributed by atoms with Crippen LogP contribution in [0.25, 0.3) is 6.08 Å². The highest BCUT2D eigenvalue weighted by molar-refractivity contribution is 5.70. The van der Waals surface area contributed by atoms with Crippen LogP contribution in [0.4, 0.5) is 0 Å². The molecule has 1 aliphatic rings. The molecule has 5 heteroatoms. The van der Waals surface area contributed by atoms with Crippen molar-refractivity contribution in [3.8, 4) is 0 Å². The summed E-state index contributed by atoms with van der Waals surface area (Å²) in [6.07, 6.45) is 3.95. The van der Waals surface area contributed by atoms with Crippen molar-refractivity contribution in [1.82, 2.24) is 9.47 Å². The monoisotopic (exact) mass is 506 g/mol. The van der Waals surface area contributed by atoms with Crippen molar-refractivity contribution in [2.24, 2.45) is 0 Å². The first-order valence-electron chi connectivity index (χ1n) is 13.2. The van der Waals surface area contributed by atoms with Crippen LogP contribution in [-0.4, -0.2) is 46.3 Å². The minimum atomic E-state index is -0.558. The fraction of sp³-hybridized carbons (Fsp3) is 0.242. The van der Waals surface area contributed by atoms with E-state index in [2.05, 4.69) is 77.7 Å². The number of ether oxygens (including phenoxy) is 1. The van der Waals surface area contributed by atoms with Gasteiger partial charge in [-0.3, -0.25) is 9.69 Å². The predicted octanol–water partition coefficient (Wildman–Crippen LogP) is 5.49. The molecule has 1 aromatic heterocycles. The Bertz CT molecular complexity index is 1270. The van der Waals surface area contributed by atoms with Gasteiger partial charge in [0.15, 0.2) is 0 Å². The number of benzene rings is 3. The van der Waals surface area contributed by atoms with Gasteiger partial charge in [0.2, 0.25) is 0 Å². The lowest BCUT2D eigenvalue weighted by Gasteiger charge is -2.48. The highest BCUT2D eigenvalue weighted by Crippen LogP contribution is 2.44. The molecule has 0 aliphatic carbocycles. The average Bonchev–Trinajstić information content (AvgIpc) is 3.39. The van der Waals surface area contributed by atoms with Crippen LogP contribution < -0.4 is 0 Å². The molecule has 1 atom stereocenters. The van der Waals surface area contributed by atoms with Crippen molar-refractivity contribution in [3.05, 3.63) is 137 Å². The van der Waals surface area contributed by atoms with Gasteiger partial charge in [-0.25, -0.2) is 0 Å². The Labute approximate surface area is 224 Å². The van der Waals surface area contributed by atoms with Gasteiger partial charge >= 0.3 is 5.97 Å². The number of carbonyl (C=O) groups is 1. The van der Waals surface area contributed by atoms with Crippen molar-refractivity contribution in [2.45, 2.75) is 31.5 Å². The Kier molecular flexibility index (Phi) is 7.87. The number of esters is 1. The second kappa shape index (κ2) is 11.6. The molecule has 5 rings (SSSR count). The molecule has 0 bridgehead atoms. The molecule has 38 heavy (non-hydrogen) atoms. The zero-order valence-electron chi connectivity index (χ0n) is 21.7. The number of piperidine rings is 1. The van der Waals surface area contributed by atoms with Gasteiger partial charge in [-0.1, -0.05) is 91.0 Å². The maximum absolute atomic E-state index is 12.2. The van der Waals surface area contributed by atoms with E-state index in [1.807, 2.05) is 54.1 Å². The van der Waals surface area contributed by atoms with Gasteiger partial charge < -0.3 is 14.4 Å². The minimum Gasteiger partial charge on any atom is -0.465 e. The first-order valence-corrected chi connectivity index (χ1v) is 13.2. The number of rotatable bonds is 8. The van der Waals surface area contributed by atoms with Gasteiger partial charge in [-0.15, -0.1) is 0 Å². The molecule has 1 saturated heterocycles. The maximum Gasteiger partial charge on any atom is 0.325 e. The van der Waals surface area contributed by atoms with Gasteiger partial charge in [-0.05, 0) is 53.8 Å². The third-order valence-electron chi connectivity index (χ3n) is 7.33. The third kappa shape index (κ3) is 5.08. The summed E-state index contributed by atoms with van der Waals surface area (Å²) in [5.74, 6) is -0.273. The van der Waals surface area contributed by atoms with Crippen molar-refractivity contribution < 1.29 is 14.6 Å². The molecule has 0 amide bonds. The number of hydrogen-bond donors (Lipinski definition) is 1. The fourth-order valence-corrected chi connectivity index (χ4v) is 5.62. The predicted molar refractivity (Wildman–Crippen MR) is 150 cm³/mol. The topological polar surface area (TPSA) is 54.7 Å². The summed E-state index contributed by atoms with van der Waals surface area (Å²) in [6, 6.07) is 35.7. The van der Waals surface area contributed by atoms with Crippen molar-refractivity contribution in [3.63, 3.8) is 0 Å². The van der Waals surface area contributed by atoms with Gasteiger partial charge in [0.25, 0.3) is 0 Å². The summed E-state index contributed by atoms with van der Waals surface area (Å²) in [6.45, 7) is 3.60. The third-order valence-corrected chi connectivity index (χ3v) is 7.33. The molecule has 5 nitrogen and oxygen atoms in total. The molecular weight excluding hydrogens is 472 g/mol. The number of carbonyl (C=O) groups excluding carboxylic acids is 1. The molecule has 0 spiro atoms. The van der Waals surface area contributed by atoms with E-state index in [9.17, 15) is 9.90 Å². The molecule has 0 saturated carbocycles. The van der Waals surface area contributed by atoms with Crippen LogP contribution >= 0.6 is 0 Å². The molecule has 1 aliphatic heterocycles. The minimum absolute atomic E-state index is 0.141. The Morgan fingerprint density at radius 1 is 0.895 bits per heavy atom. The van der Waals surface area contributed by atoms with Gasteiger partial charge in [-0.2, -0.15) is 0 Å². The molecule has 2 heterocycles. The average molecular weight is 507 g/mol. The quantitative estimate of drug-likeness (QED) is 0.254. The van der Waals surface area contributed by atoms with E-state index in [0.717, 1.165) is 17.8 Å². The van der Waals surface area contributed by atoms with E-state index in [1.54, 1.807) is 0 Å². The zero-order chi connectivity index (χ0) is 26.4. The highest BCUT2D eigenvalue weighted by atomic mass is 16.5. The Hall–Kier alpha value is -3.93. The Morgan fingerprint density at radius 2 is 1.45 bits per heavy atom. The van der Waals surface area contributed by atoms with Gasteiger partial charge in [0, 0.05) is 25.0 Å². The molecular formula is C33H34N2O3. The Morgan fingerprint density at radius 3 is 1.97 bits per heavy atom. The normalized spacial score (nSPS) is 17.4. The van der Waals surface area contributed by atoms with E-state index >= 15 is 0 Å². The van der Waals surface area contributed by atoms with Crippen molar-refractivity contribution in [1.29, 1.82) is 0 Å². The molecule has 1 N–H and O–H groups in total. The fourth-order valence-electron chi connectivity index (χ4n) is 5.62. The van der Waals surface area contributed by atoms with E-state index in [4.69, 9.17) is 4.74 Å². The number of hydrogen-bond acceptors (Lipinski definition) is 4. The van der Waals surface area contributed by atoms with E-state index in [1.165, 1.54) is 16.7 Å². The van der Waals surface area contributed by atoms with Crippen LogP contribution in [0, 0.1) is 0 Å². The summed E-state index contributed by atoms with van der Waals surface area (Å²) < 4.78 is 7.02. The lowest BCUT2D eigenvalue weighted by molar-refractivity contribution is -0.143. The number of likely N-dealkylation sites (tertiary alicyclic amines) is 1. The zero-order valence-corrected chi connectivity index (χ0v) is 21.7. The first kappa shape index (κ1) is 25.7. The second-order valence-electron chi connectivity index (χ2n) is 9.62. The Balaban J connectivity index is 1.61. The maximum atomic E-state index is 12.2. The van der Waals surface area contributed by atoms with Crippen molar-refractivity contribution in [2.75, 3.05) is 19.7 Å². The largest absolute Gasteiger partial charge is 0.465 e. The number of aliphatic hydroxyl groups is 1. The summed E-state index contributed by atoms with van der Waals surface area (Å²) in [5, 5.41) is 11.1. The standard InChI is InChI=1S/C33H34N2O3/c1-2-38-32(37)25-34-21-12-19-30(34)23-26-24-35(22-20-31(26)36)33(27-13-6-3-7-14-27,28-15-8-4-9-16-28)29-17-10-5-11-18-29/h3-19,21,23,31,36H,2,20,22,24-25H2,1H3/b26-23+. The molecule has 4 aromatic rings. The van der Waals surface area contributed by atoms with Crippen LogP contribution in [0.5, 0.6) is 0 Å². The van der Waals surface area contributed by atoms with Crippen LogP contribution in [0.2, 0.25) is 0 Å². The summed E-state index contributed by atoms with van der Waals surface area (Å²) in [7, 11) is 0. The number of nitrogens with zero attached hydrogens (tertiary/aromatic N) is 2. The van der Waals surface area contributed by atoms with E-state index in [0.29, 0.717) is 19.6 Å². The second-order valence-corrected chi connectivity index (χ2v) is 9.62. The number of aliphatic hydroxyl groups excluding tert-OH is 1. The van der Waals surface area contributed by atoms with E-state index < -0.39 is 11.6 Å². The molecule has 3 aromatic carbocycles. The number of aromatic nitrogens is 1. The van der Waals surface area contributed by atoms with Crippen molar-refractivity contribution >= 4 is 12.0 Å². The molecule has 1 unspecified atom stereocenters. The van der Waals surface area contributed by atoms with Crippen LogP contribution in [0.1, 0.15) is 35.7 Å². The summed E-state index contributed by atoms with van der Waals surface area (Å²) >= 11 is 0. The van der Waals surface area contributed by atoms with Crippen LogP contribution in [0.15, 0.2) is 115 Å². The van der Waals surface area contributed by atoms with Gasteiger partial charge in [0.05, 0.1) is 18.2 Å². The first-order chi connectivity index (χ1) is 18.6. The van der Waals surface area contributed by atoms with E-state index in [-0.39, 0.29) is 12.5 Å². The smallest absolute Gasteiger partial charge is 0.325 e.